The number of anilines is 1. The molecule has 0 fully saturated rings. The van der Waals surface area contributed by atoms with E-state index >= 15 is 0 Å². The van der Waals surface area contributed by atoms with Crippen LogP contribution in [-0.2, 0) is 4.79 Å². The first-order valence-electron chi connectivity index (χ1n) is 7.45. The van der Waals surface area contributed by atoms with Crippen LogP contribution in [0.2, 0.25) is 0 Å². The monoisotopic (exact) mass is 323 g/mol. The molecule has 6 nitrogen and oxygen atoms in total. The molecular weight excluding hydrogens is 306 g/mol. The minimum atomic E-state index is -0.635. The van der Waals surface area contributed by atoms with Gasteiger partial charge in [0.25, 0.3) is 0 Å². The molecule has 24 heavy (non-hydrogen) atoms. The number of fused-ring (bicyclic) bond motifs is 1. The number of hydrogen-bond donors (Lipinski definition) is 4. The summed E-state index contributed by atoms with van der Waals surface area (Å²) in [5.41, 5.74) is 6.92. The van der Waals surface area contributed by atoms with Gasteiger partial charge in [-0.3, -0.25) is 9.78 Å². The van der Waals surface area contributed by atoms with Gasteiger partial charge in [0.15, 0.2) is 11.5 Å². The van der Waals surface area contributed by atoms with E-state index in [-0.39, 0.29) is 24.0 Å². The molecule has 3 rings (SSSR count). The smallest absolute Gasteiger partial charge is 0.233 e. The molecule has 0 aliphatic carbocycles. The minimum absolute atomic E-state index is 0.0769. The third kappa shape index (κ3) is 3.13. The summed E-state index contributed by atoms with van der Waals surface area (Å²) in [7, 11) is 0. The highest BCUT2D eigenvalue weighted by Crippen LogP contribution is 2.29. The highest BCUT2D eigenvalue weighted by atomic mass is 16.3. The van der Waals surface area contributed by atoms with E-state index in [9.17, 15) is 15.0 Å². The molecule has 3 aromatic rings. The van der Waals surface area contributed by atoms with E-state index < -0.39 is 5.92 Å². The van der Waals surface area contributed by atoms with Gasteiger partial charge in [-0.1, -0.05) is 12.1 Å². The van der Waals surface area contributed by atoms with Crippen LogP contribution in [0, 0.1) is 0 Å². The molecule has 0 radical (unpaired) electrons. The molecule has 0 saturated carbocycles. The van der Waals surface area contributed by atoms with Crippen molar-refractivity contribution in [2.75, 3.05) is 11.9 Å². The van der Waals surface area contributed by atoms with E-state index in [4.69, 9.17) is 5.73 Å². The molecule has 1 atom stereocenters. The van der Waals surface area contributed by atoms with E-state index in [0.717, 1.165) is 10.8 Å². The fourth-order valence-corrected chi connectivity index (χ4v) is 2.54. The normalized spacial score (nSPS) is 12.0. The number of nitrogens with two attached hydrogens (primary N) is 1. The third-order valence-electron chi connectivity index (χ3n) is 3.86. The average Bonchev–Trinajstić information content (AvgIpc) is 2.58. The lowest BCUT2D eigenvalue weighted by Gasteiger charge is -2.16. The van der Waals surface area contributed by atoms with Crippen molar-refractivity contribution in [2.24, 2.45) is 5.73 Å². The van der Waals surface area contributed by atoms with Crippen LogP contribution >= 0.6 is 0 Å². The number of benzene rings is 2. The Balaban J connectivity index is 1.84. The summed E-state index contributed by atoms with van der Waals surface area (Å²) in [4.78, 5) is 16.6. The number of carbonyl (C=O) groups is 1. The van der Waals surface area contributed by atoms with Gasteiger partial charge in [-0.25, -0.2) is 0 Å². The van der Waals surface area contributed by atoms with Crippen LogP contribution in [0.15, 0.2) is 54.9 Å². The van der Waals surface area contributed by atoms with Crippen molar-refractivity contribution in [3.05, 3.63) is 60.4 Å². The molecule has 0 spiro atoms. The van der Waals surface area contributed by atoms with E-state index in [2.05, 4.69) is 10.3 Å². The number of aromatic nitrogens is 1. The predicted octanol–water partition coefficient (Wildman–Crippen LogP) is 2.33. The van der Waals surface area contributed by atoms with Crippen molar-refractivity contribution in [3.8, 4) is 11.5 Å². The maximum Gasteiger partial charge on any atom is 0.233 e. The summed E-state index contributed by atoms with van der Waals surface area (Å²) in [5.74, 6) is -1.43. The van der Waals surface area contributed by atoms with Crippen molar-refractivity contribution in [2.45, 2.75) is 5.92 Å². The highest BCUT2D eigenvalue weighted by molar-refractivity contribution is 5.98. The lowest BCUT2D eigenvalue weighted by Crippen LogP contribution is -2.27. The third-order valence-corrected chi connectivity index (χ3v) is 3.86. The standard InChI is InChI=1S/C18H17N3O3/c19-9-15(12-2-4-16(22)17(23)8-12)18(24)21-14-3-1-13-10-20-6-5-11(13)7-14/h1-8,10,15,22-23H,9,19H2,(H,21,24). The molecule has 1 aromatic heterocycles. The minimum Gasteiger partial charge on any atom is -0.504 e. The molecule has 1 unspecified atom stereocenters. The van der Waals surface area contributed by atoms with Crippen molar-refractivity contribution < 1.29 is 15.0 Å². The Morgan fingerprint density at radius 1 is 1.08 bits per heavy atom. The highest BCUT2D eigenvalue weighted by Gasteiger charge is 2.20. The van der Waals surface area contributed by atoms with Crippen LogP contribution < -0.4 is 11.1 Å². The zero-order chi connectivity index (χ0) is 17.1. The van der Waals surface area contributed by atoms with Gasteiger partial charge in [-0.15, -0.1) is 0 Å². The number of nitrogens with one attached hydrogen (secondary N) is 1. The summed E-state index contributed by atoms with van der Waals surface area (Å²) < 4.78 is 0. The Morgan fingerprint density at radius 2 is 1.92 bits per heavy atom. The van der Waals surface area contributed by atoms with Crippen molar-refractivity contribution in [1.82, 2.24) is 4.98 Å². The van der Waals surface area contributed by atoms with E-state index in [1.807, 2.05) is 18.2 Å². The molecule has 0 saturated heterocycles. The summed E-state index contributed by atoms with van der Waals surface area (Å²) in [6, 6.07) is 11.6. The van der Waals surface area contributed by atoms with Crippen LogP contribution in [0.5, 0.6) is 11.5 Å². The second-order valence-corrected chi connectivity index (χ2v) is 5.46. The second kappa shape index (κ2) is 6.55. The molecule has 1 heterocycles. The summed E-state index contributed by atoms with van der Waals surface area (Å²) in [6.45, 7) is 0.0769. The number of aromatic hydroxyl groups is 2. The molecule has 1 amide bonds. The Bertz CT molecular complexity index is 896. The molecule has 0 bridgehead atoms. The number of pyridine rings is 1. The second-order valence-electron chi connectivity index (χ2n) is 5.46. The van der Waals surface area contributed by atoms with Crippen molar-refractivity contribution in [3.63, 3.8) is 0 Å². The summed E-state index contributed by atoms with van der Waals surface area (Å²) >= 11 is 0. The number of phenols is 2. The van der Waals surface area contributed by atoms with Gasteiger partial charge in [0.05, 0.1) is 5.92 Å². The van der Waals surface area contributed by atoms with E-state index in [0.29, 0.717) is 11.3 Å². The molecule has 5 N–H and O–H groups in total. The van der Waals surface area contributed by atoms with E-state index in [1.165, 1.54) is 12.1 Å². The summed E-state index contributed by atoms with van der Waals surface area (Å²) in [5, 5.41) is 23.8. The largest absolute Gasteiger partial charge is 0.504 e. The van der Waals surface area contributed by atoms with Crippen molar-refractivity contribution in [1.29, 1.82) is 0 Å². The zero-order valence-corrected chi connectivity index (χ0v) is 12.8. The molecular formula is C18H17N3O3. The van der Waals surface area contributed by atoms with Gasteiger partial charge in [0, 0.05) is 30.0 Å². The van der Waals surface area contributed by atoms with Gasteiger partial charge < -0.3 is 21.3 Å². The molecule has 6 heteroatoms. The fraction of sp³-hybridized carbons (Fsp3) is 0.111. The van der Waals surface area contributed by atoms with Crippen LogP contribution in [0.4, 0.5) is 5.69 Å². The van der Waals surface area contributed by atoms with Gasteiger partial charge >= 0.3 is 0 Å². The van der Waals surface area contributed by atoms with Gasteiger partial charge in [-0.05, 0) is 41.3 Å². The first kappa shape index (κ1) is 15.8. The topological polar surface area (TPSA) is 108 Å². The fourth-order valence-electron chi connectivity index (χ4n) is 2.54. The molecule has 2 aromatic carbocycles. The van der Waals surface area contributed by atoms with Crippen LogP contribution in [0.1, 0.15) is 11.5 Å². The number of phenolic OH excluding ortho intramolecular Hbond substituents is 2. The van der Waals surface area contributed by atoms with Gasteiger partial charge in [0.2, 0.25) is 5.91 Å². The number of amides is 1. The van der Waals surface area contributed by atoms with Crippen LogP contribution in [0.25, 0.3) is 10.8 Å². The maximum absolute atomic E-state index is 12.5. The number of rotatable bonds is 4. The lowest BCUT2D eigenvalue weighted by atomic mass is 9.97. The first-order valence-corrected chi connectivity index (χ1v) is 7.45. The number of carbonyl (C=O) groups excluding carboxylic acids is 1. The van der Waals surface area contributed by atoms with Gasteiger partial charge in [-0.2, -0.15) is 0 Å². The summed E-state index contributed by atoms with van der Waals surface area (Å²) in [6.07, 6.45) is 3.44. The zero-order valence-electron chi connectivity index (χ0n) is 12.8. The number of nitrogens with zero attached hydrogens (tertiary/aromatic N) is 1. The average molecular weight is 323 g/mol. The van der Waals surface area contributed by atoms with Crippen LogP contribution in [0.3, 0.4) is 0 Å². The molecule has 0 aliphatic heterocycles. The predicted molar refractivity (Wildman–Crippen MR) is 91.9 cm³/mol. The number of hydrogen-bond acceptors (Lipinski definition) is 5. The molecule has 122 valence electrons. The first-order chi connectivity index (χ1) is 11.6. The van der Waals surface area contributed by atoms with E-state index in [1.54, 1.807) is 24.5 Å². The van der Waals surface area contributed by atoms with Crippen LogP contribution in [-0.4, -0.2) is 27.6 Å². The Labute approximate surface area is 138 Å². The lowest BCUT2D eigenvalue weighted by molar-refractivity contribution is -0.117. The maximum atomic E-state index is 12.5. The SMILES string of the molecule is NCC(C(=O)Nc1ccc2cnccc2c1)c1ccc(O)c(O)c1. The van der Waals surface area contributed by atoms with Gasteiger partial charge in [0.1, 0.15) is 0 Å². The van der Waals surface area contributed by atoms with Crippen molar-refractivity contribution >= 4 is 22.4 Å². The quantitative estimate of drug-likeness (QED) is 0.551. The Hall–Kier alpha value is -3.12. The Kier molecular flexibility index (Phi) is 4.31. The molecule has 0 aliphatic rings. The Morgan fingerprint density at radius 3 is 2.67 bits per heavy atom.